The van der Waals surface area contributed by atoms with Gasteiger partial charge in [0.05, 0.1) is 5.52 Å². The Morgan fingerprint density at radius 1 is 1.05 bits per heavy atom. The molecule has 0 atom stereocenters. The standard InChI is InChI=1S/C16H22N4/c1-19(2)16(20(3)4)18-12-10-14-8-5-7-13-9-6-11-17-15(13)14/h5-9,11H,10,12H2,1-4H3. The lowest BCUT2D eigenvalue weighted by atomic mass is 10.1. The van der Waals surface area contributed by atoms with Crippen LogP contribution >= 0.6 is 0 Å². The van der Waals surface area contributed by atoms with Crippen molar-refractivity contribution in [1.29, 1.82) is 0 Å². The highest BCUT2D eigenvalue weighted by Crippen LogP contribution is 2.16. The molecule has 0 unspecified atom stereocenters. The largest absolute Gasteiger partial charge is 0.349 e. The molecule has 1 aromatic heterocycles. The number of hydrogen-bond acceptors (Lipinski definition) is 2. The monoisotopic (exact) mass is 270 g/mol. The maximum Gasteiger partial charge on any atom is 0.195 e. The van der Waals surface area contributed by atoms with E-state index in [4.69, 9.17) is 0 Å². The van der Waals surface area contributed by atoms with Crippen LogP contribution in [0.3, 0.4) is 0 Å². The molecule has 20 heavy (non-hydrogen) atoms. The third kappa shape index (κ3) is 3.26. The molecular formula is C16H22N4. The second kappa shape index (κ2) is 6.37. The van der Waals surface area contributed by atoms with Gasteiger partial charge in [-0.1, -0.05) is 24.3 Å². The lowest BCUT2D eigenvalue weighted by molar-refractivity contribution is 0.479. The van der Waals surface area contributed by atoms with Gasteiger partial charge in [-0.2, -0.15) is 0 Å². The Balaban J connectivity index is 2.15. The molecule has 0 saturated carbocycles. The van der Waals surface area contributed by atoms with Gasteiger partial charge in [-0.05, 0) is 18.1 Å². The molecule has 0 N–H and O–H groups in total. The van der Waals surface area contributed by atoms with Crippen LogP contribution in [0.4, 0.5) is 0 Å². The predicted octanol–water partition coefficient (Wildman–Crippen LogP) is 2.26. The lowest BCUT2D eigenvalue weighted by Gasteiger charge is -2.22. The second-order valence-corrected chi connectivity index (χ2v) is 5.21. The highest BCUT2D eigenvalue weighted by molar-refractivity contribution is 5.82. The van der Waals surface area contributed by atoms with Crippen molar-refractivity contribution in [3.63, 3.8) is 0 Å². The van der Waals surface area contributed by atoms with Crippen molar-refractivity contribution in [1.82, 2.24) is 14.8 Å². The van der Waals surface area contributed by atoms with Gasteiger partial charge in [0.25, 0.3) is 0 Å². The number of pyridine rings is 1. The van der Waals surface area contributed by atoms with Crippen molar-refractivity contribution in [2.75, 3.05) is 34.7 Å². The van der Waals surface area contributed by atoms with Crippen molar-refractivity contribution in [3.05, 3.63) is 42.1 Å². The highest BCUT2D eigenvalue weighted by Gasteiger charge is 2.05. The van der Waals surface area contributed by atoms with Crippen LogP contribution in [0.2, 0.25) is 0 Å². The summed E-state index contributed by atoms with van der Waals surface area (Å²) in [4.78, 5) is 13.2. The fraction of sp³-hybridized carbons (Fsp3) is 0.375. The van der Waals surface area contributed by atoms with Crippen LogP contribution in [0.25, 0.3) is 10.9 Å². The lowest BCUT2D eigenvalue weighted by Crippen LogP contribution is -2.35. The van der Waals surface area contributed by atoms with E-state index in [9.17, 15) is 0 Å². The first kappa shape index (κ1) is 14.3. The summed E-state index contributed by atoms with van der Waals surface area (Å²) in [6.07, 6.45) is 2.75. The van der Waals surface area contributed by atoms with Crippen molar-refractivity contribution in [3.8, 4) is 0 Å². The summed E-state index contributed by atoms with van der Waals surface area (Å²) in [5.74, 6) is 0.984. The normalized spacial score (nSPS) is 10.4. The summed E-state index contributed by atoms with van der Waals surface area (Å²) in [5.41, 5.74) is 2.34. The van der Waals surface area contributed by atoms with E-state index in [1.807, 2.05) is 50.3 Å². The van der Waals surface area contributed by atoms with Gasteiger partial charge in [0.1, 0.15) is 0 Å². The van der Waals surface area contributed by atoms with Gasteiger partial charge < -0.3 is 9.80 Å². The quantitative estimate of drug-likeness (QED) is 0.633. The number of rotatable bonds is 3. The maximum absolute atomic E-state index is 4.67. The molecule has 2 rings (SSSR count). The Labute approximate surface area is 120 Å². The van der Waals surface area contributed by atoms with Gasteiger partial charge in [-0.15, -0.1) is 0 Å². The third-order valence-corrected chi connectivity index (χ3v) is 3.15. The number of fused-ring (bicyclic) bond motifs is 1. The summed E-state index contributed by atoms with van der Waals surface area (Å²) in [7, 11) is 8.05. The van der Waals surface area contributed by atoms with Crippen LogP contribution < -0.4 is 0 Å². The maximum atomic E-state index is 4.67. The first-order chi connectivity index (χ1) is 9.59. The molecular weight excluding hydrogens is 248 g/mol. The number of aromatic nitrogens is 1. The van der Waals surface area contributed by atoms with E-state index in [-0.39, 0.29) is 0 Å². The van der Waals surface area contributed by atoms with Gasteiger partial charge in [0.15, 0.2) is 5.96 Å². The van der Waals surface area contributed by atoms with Crippen molar-refractivity contribution >= 4 is 16.9 Å². The highest BCUT2D eigenvalue weighted by atomic mass is 15.3. The number of nitrogens with zero attached hydrogens (tertiary/aromatic N) is 4. The number of guanidine groups is 1. The van der Waals surface area contributed by atoms with E-state index >= 15 is 0 Å². The Kier molecular flexibility index (Phi) is 4.56. The van der Waals surface area contributed by atoms with Crippen LogP contribution in [-0.2, 0) is 6.42 Å². The number of para-hydroxylation sites is 1. The van der Waals surface area contributed by atoms with Crippen LogP contribution in [0.15, 0.2) is 41.5 Å². The summed E-state index contributed by atoms with van der Waals surface area (Å²) in [5, 5.41) is 1.19. The zero-order valence-corrected chi connectivity index (χ0v) is 12.7. The van der Waals surface area contributed by atoms with Crippen molar-refractivity contribution in [2.45, 2.75) is 6.42 Å². The molecule has 2 aromatic rings. The van der Waals surface area contributed by atoms with E-state index in [1.165, 1.54) is 10.9 Å². The van der Waals surface area contributed by atoms with Crippen LogP contribution in [0.1, 0.15) is 5.56 Å². The number of aliphatic imine (C=N–C) groups is 1. The molecule has 0 fully saturated rings. The fourth-order valence-electron chi connectivity index (χ4n) is 2.33. The predicted molar refractivity (Wildman–Crippen MR) is 85.1 cm³/mol. The Morgan fingerprint density at radius 2 is 1.75 bits per heavy atom. The van der Waals surface area contributed by atoms with E-state index in [2.05, 4.69) is 34.2 Å². The van der Waals surface area contributed by atoms with E-state index in [1.54, 1.807) is 0 Å². The molecule has 106 valence electrons. The first-order valence-electron chi connectivity index (χ1n) is 6.81. The summed E-state index contributed by atoms with van der Waals surface area (Å²) in [6, 6.07) is 10.4. The molecule has 0 amide bonds. The second-order valence-electron chi connectivity index (χ2n) is 5.21. The average molecular weight is 270 g/mol. The first-order valence-corrected chi connectivity index (χ1v) is 6.81. The Hall–Kier alpha value is -2.10. The Morgan fingerprint density at radius 3 is 2.45 bits per heavy atom. The molecule has 0 aliphatic carbocycles. The van der Waals surface area contributed by atoms with Gasteiger partial charge in [-0.3, -0.25) is 9.98 Å². The SMILES string of the molecule is CN(C)C(=NCCc1cccc2cccnc12)N(C)C. The molecule has 0 aliphatic heterocycles. The molecule has 4 heteroatoms. The van der Waals surface area contributed by atoms with Gasteiger partial charge in [0.2, 0.25) is 0 Å². The minimum Gasteiger partial charge on any atom is -0.349 e. The smallest absolute Gasteiger partial charge is 0.195 e. The van der Waals surface area contributed by atoms with E-state index in [0.29, 0.717) is 0 Å². The summed E-state index contributed by atoms with van der Waals surface area (Å²) in [6.45, 7) is 0.765. The van der Waals surface area contributed by atoms with Gasteiger partial charge in [0, 0.05) is 46.3 Å². The van der Waals surface area contributed by atoms with Crippen molar-refractivity contribution < 1.29 is 0 Å². The molecule has 1 aromatic carbocycles. The van der Waals surface area contributed by atoms with Crippen LogP contribution in [0, 0.1) is 0 Å². The van der Waals surface area contributed by atoms with E-state index < -0.39 is 0 Å². The summed E-state index contributed by atoms with van der Waals surface area (Å²) < 4.78 is 0. The number of hydrogen-bond donors (Lipinski definition) is 0. The van der Waals surface area contributed by atoms with Gasteiger partial charge in [-0.25, -0.2) is 0 Å². The zero-order chi connectivity index (χ0) is 14.5. The Bertz CT molecular complexity index is 587. The van der Waals surface area contributed by atoms with Gasteiger partial charge >= 0.3 is 0 Å². The topological polar surface area (TPSA) is 31.7 Å². The minimum atomic E-state index is 0.765. The van der Waals surface area contributed by atoms with E-state index in [0.717, 1.165) is 24.4 Å². The summed E-state index contributed by atoms with van der Waals surface area (Å²) >= 11 is 0. The average Bonchev–Trinajstić information content (AvgIpc) is 2.42. The van der Waals surface area contributed by atoms with Crippen molar-refractivity contribution in [2.24, 2.45) is 4.99 Å². The molecule has 1 heterocycles. The fourth-order valence-corrected chi connectivity index (χ4v) is 2.33. The van der Waals surface area contributed by atoms with Crippen LogP contribution in [0.5, 0.6) is 0 Å². The zero-order valence-electron chi connectivity index (χ0n) is 12.7. The third-order valence-electron chi connectivity index (χ3n) is 3.15. The minimum absolute atomic E-state index is 0.765. The molecule has 0 radical (unpaired) electrons. The molecule has 0 spiro atoms. The molecule has 0 saturated heterocycles. The van der Waals surface area contributed by atoms with Crippen LogP contribution in [-0.4, -0.2) is 55.5 Å². The molecule has 0 aliphatic rings. The molecule has 0 bridgehead atoms. The molecule has 4 nitrogen and oxygen atoms in total. The number of benzene rings is 1.